The van der Waals surface area contributed by atoms with Gasteiger partial charge in [-0.2, -0.15) is 0 Å². The van der Waals surface area contributed by atoms with E-state index in [0.29, 0.717) is 12.5 Å². The molecule has 11 heavy (non-hydrogen) atoms. The first kappa shape index (κ1) is 10.0. The smallest absolute Gasteiger partial charge is 0.312 e. The van der Waals surface area contributed by atoms with E-state index in [0.717, 1.165) is 0 Å². The zero-order chi connectivity index (χ0) is 8.85. The SMILES string of the molecule is C/C=C(/CNC(N)=O)C(C)C. The molecule has 0 unspecified atom stereocenters. The molecule has 0 spiro atoms. The zero-order valence-corrected chi connectivity index (χ0v) is 7.35. The predicted octanol–water partition coefficient (Wildman–Crippen LogP) is 1.26. The molecule has 2 amide bonds. The lowest BCUT2D eigenvalue weighted by molar-refractivity contribution is 0.249. The maximum atomic E-state index is 10.3. The van der Waals surface area contributed by atoms with Crippen LogP contribution in [0, 0.1) is 5.92 Å². The number of primary amides is 1. The van der Waals surface area contributed by atoms with Gasteiger partial charge in [0, 0.05) is 6.54 Å². The molecule has 0 aliphatic heterocycles. The van der Waals surface area contributed by atoms with Crippen molar-refractivity contribution in [3.8, 4) is 0 Å². The number of urea groups is 1. The van der Waals surface area contributed by atoms with E-state index in [9.17, 15) is 4.79 Å². The van der Waals surface area contributed by atoms with Gasteiger partial charge in [-0.1, -0.05) is 25.5 Å². The third-order valence-electron chi connectivity index (χ3n) is 1.58. The summed E-state index contributed by atoms with van der Waals surface area (Å²) in [5.41, 5.74) is 6.12. The van der Waals surface area contributed by atoms with E-state index in [1.54, 1.807) is 0 Å². The van der Waals surface area contributed by atoms with Crippen LogP contribution in [0.3, 0.4) is 0 Å². The second-order valence-electron chi connectivity index (χ2n) is 2.74. The van der Waals surface area contributed by atoms with Crippen molar-refractivity contribution in [1.82, 2.24) is 5.32 Å². The molecule has 0 saturated carbocycles. The monoisotopic (exact) mass is 156 g/mol. The molecule has 0 radical (unpaired) electrons. The van der Waals surface area contributed by atoms with Gasteiger partial charge in [0.1, 0.15) is 0 Å². The van der Waals surface area contributed by atoms with Crippen LogP contribution in [-0.4, -0.2) is 12.6 Å². The number of hydrogen-bond donors (Lipinski definition) is 2. The largest absolute Gasteiger partial charge is 0.352 e. The van der Waals surface area contributed by atoms with E-state index >= 15 is 0 Å². The molecule has 64 valence electrons. The molecule has 0 rings (SSSR count). The van der Waals surface area contributed by atoms with Crippen LogP contribution in [0.1, 0.15) is 20.8 Å². The van der Waals surface area contributed by atoms with Gasteiger partial charge in [-0.05, 0) is 12.8 Å². The van der Waals surface area contributed by atoms with E-state index in [1.165, 1.54) is 5.57 Å². The maximum absolute atomic E-state index is 10.3. The summed E-state index contributed by atoms with van der Waals surface area (Å²) in [6, 6.07) is -0.468. The van der Waals surface area contributed by atoms with Gasteiger partial charge in [-0.3, -0.25) is 0 Å². The molecule has 0 aromatic heterocycles. The lowest BCUT2D eigenvalue weighted by atomic mass is 10.0. The number of rotatable bonds is 3. The average molecular weight is 156 g/mol. The second-order valence-corrected chi connectivity index (χ2v) is 2.74. The average Bonchev–Trinajstić information content (AvgIpc) is 1.87. The Morgan fingerprint density at radius 3 is 2.45 bits per heavy atom. The lowest BCUT2D eigenvalue weighted by Crippen LogP contribution is -2.31. The van der Waals surface area contributed by atoms with Gasteiger partial charge in [0.15, 0.2) is 0 Å². The molecular weight excluding hydrogens is 140 g/mol. The molecular formula is C8H16N2O. The normalized spacial score (nSPS) is 11.8. The number of amides is 2. The Morgan fingerprint density at radius 1 is 1.64 bits per heavy atom. The minimum absolute atomic E-state index is 0.465. The first-order valence-corrected chi connectivity index (χ1v) is 3.76. The molecule has 0 saturated heterocycles. The summed E-state index contributed by atoms with van der Waals surface area (Å²) >= 11 is 0. The second kappa shape index (κ2) is 4.77. The third kappa shape index (κ3) is 4.42. The predicted molar refractivity (Wildman–Crippen MR) is 46.2 cm³/mol. The molecule has 0 aromatic carbocycles. The minimum Gasteiger partial charge on any atom is -0.352 e. The molecule has 3 nitrogen and oxygen atoms in total. The highest BCUT2D eigenvalue weighted by atomic mass is 16.2. The standard InChI is InChI=1S/C8H16N2O/c1-4-7(6(2)3)5-10-8(9)11/h4,6H,5H2,1-3H3,(H3,9,10,11)/b7-4-. The summed E-state index contributed by atoms with van der Waals surface area (Å²) in [5, 5.41) is 2.55. The van der Waals surface area contributed by atoms with Crippen LogP contribution >= 0.6 is 0 Å². The first-order valence-electron chi connectivity index (χ1n) is 3.76. The van der Waals surface area contributed by atoms with Gasteiger partial charge < -0.3 is 11.1 Å². The van der Waals surface area contributed by atoms with E-state index < -0.39 is 6.03 Å². The van der Waals surface area contributed by atoms with Crippen molar-refractivity contribution < 1.29 is 4.79 Å². The number of nitrogens with one attached hydrogen (secondary N) is 1. The van der Waals surface area contributed by atoms with Crippen molar-refractivity contribution in [2.45, 2.75) is 20.8 Å². The molecule has 0 aliphatic rings. The van der Waals surface area contributed by atoms with Crippen molar-refractivity contribution in [3.63, 3.8) is 0 Å². The van der Waals surface area contributed by atoms with Gasteiger partial charge in [0.25, 0.3) is 0 Å². The van der Waals surface area contributed by atoms with Gasteiger partial charge in [0.2, 0.25) is 0 Å². The number of nitrogens with two attached hydrogens (primary N) is 1. The van der Waals surface area contributed by atoms with Crippen LogP contribution in [0.15, 0.2) is 11.6 Å². The van der Waals surface area contributed by atoms with Gasteiger partial charge in [0.05, 0.1) is 0 Å². The summed E-state index contributed by atoms with van der Waals surface area (Å²) in [7, 11) is 0. The molecule has 0 bridgehead atoms. The number of hydrogen-bond acceptors (Lipinski definition) is 1. The molecule has 0 fully saturated rings. The van der Waals surface area contributed by atoms with Crippen LogP contribution < -0.4 is 11.1 Å². The van der Waals surface area contributed by atoms with E-state index in [4.69, 9.17) is 5.73 Å². The molecule has 0 aliphatic carbocycles. The number of allylic oxidation sites excluding steroid dienone is 1. The Labute approximate surface area is 67.7 Å². The number of carbonyl (C=O) groups excluding carboxylic acids is 1. The van der Waals surface area contributed by atoms with Crippen LogP contribution in [0.25, 0.3) is 0 Å². The summed E-state index contributed by atoms with van der Waals surface area (Å²) in [6.45, 7) is 6.68. The highest BCUT2D eigenvalue weighted by Crippen LogP contribution is 2.06. The Kier molecular flexibility index (Phi) is 4.34. The summed E-state index contributed by atoms with van der Waals surface area (Å²) in [5.74, 6) is 0.465. The van der Waals surface area contributed by atoms with Crippen LogP contribution in [0.2, 0.25) is 0 Å². The Morgan fingerprint density at radius 2 is 2.18 bits per heavy atom. The van der Waals surface area contributed by atoms with Crippen LogP contribution in [0.5, 0.6) is 0 Å². The summed E-state index contributed by atoms with van der Waals surface area (Å²) in [6.07, 6.45) is 2.00. The van der Waals surface area contributed by atoms with Crippen molar-refractivity contribution in [3.05, 3.63) is 11.6 Å². The fourth-order valence-corrected chi connectivity index (χ4v) is 0.829. The van der Waals surface area contributed by atoms with E-state index in [-0.39, 0.29) is 0 Å². The van der Waals surface area contributed by atoms with Crippen molar-refractivity contribution in [2.24, 2.45) is 11.7 Å². The summed E-state index contributed by atoms with van der Waals surface area (Å²) in [4.78, 5) is 10.3. The molecule has 0 aromatic rings. The van der Waals surface area contributed by atoms with Gasteiger partial charge in [-0.25, -0.2) is 4.79 Å². The Bertz CT molecular complexity index is 161. The zero-order valence-electron chi connectivity index (χ0n) is 7.35. The molecule has 0 heterocycles. The van der Waals surface area contributed by atoms with Crippen molar-refractivity contribution in [1.29, 1.82) is 0 Å². The van der Waals surface area contributed by atoms with Crippen LogP contribution in [0.4, 0.5) is 4.79 Å². The fourth-order valence-electron chi connectivity index (χ4n) is 0.829. The fraction of sp³-hybridized carbons (Fsp3) is 0.625. The quantitative estimate of drug-likeness (QED) is 0.594. The van der Waals surface area contributed by atoms with E-state index in [2.05, 4.69) is 19.2 Å². The van der Waals surface area contributed by atoms with Crippen molar-refractivity contribution in [2.75, 3.05) is 6.54 Å². The minimum atomic E-state index is -0.468. The van der Waals surface area contributed by atoms with Crippen molar-refractivity contribution >= 4 is 6.03 Å². The maximum Gasteiger partial charge on any atom is 0.312 e. The Hall–Kier alpha value is -0.990. The summed E-state index contributed by atoms with van der Waals surface area (Å²) < 4.78 is 0. The molecule has 3 N–H and O–H groups in total. The third-order valence-corrected chi connectivity index (χ3v) is 1.58. The topological polar surface area (TPSA) is 55.1 Å². The van der Waals surface area contributed by atoms with Gasteiger partial charge >= 0.3 is 6.03 Å². The Balaban J connectivity index is 3.81. The van der Waals surface area contributed by atoms with E-state index in [1.807, 2.05) is 13.0 Å². The lowest BCUT2D eigenvalue weighted by Gasteiger charge is -2.10. The highest BCUT2D eigenvalue weighted by Gasteiger charge is 2.01. The molecule has 3 heteroatoms. The van der Waals surface area contributed by atoms with Crippen LogP contribution in [-0.2, 0) is 0 Å². The number of carbonyl (C=O) groups is 1. The molecule has 0 atom stereocenters. The first-order chi connectivity index (χ1) is 5.07. The highest BCUT2D eigenvalue weighted by molar-refractivity contribution is 5.71. The van der Waals surface area contributed by atoms with Gasteiger partial charge in [-0.15, -0.1) is 0 Å².